The topological polar surface area (TPSA) is 49.4 Å². The molecule has 1 aliphatic carbocycles. The SMILES string of the molecule is O=C(NC1CCCCC1)C(Cc1ccccc1)N(Cc1ccccc1)C(=O)Cc1ccccc1Cl. The van der Waals surface area contributed by atoms with Gasteiger partial charge in [-0.3, -0.25) is 9.59 Å². The van der Waals surface area contributed by atoms with E-state index in [1.165, 1.54) is 6.42 Å². The van der Waals surface area contributed by atoms with Gasteiger partial charge in [-0.25, -0.2) is 0 Å². The molecule has 5 heteroatoms. The summed E-state index contributed by atoms with van der Waals surface area (Å²) in [5.74, 6) is -0.189. The third kappa shape index (κ3) is 7.19. The number of halogens is 1. The molecule has 0 heterocycles. The number of rotatable bonds is 9. The lowest BCUT2D eigenvalue weighted by Gasteiger charge is -2.33. The second-order valence-electron chi connectivity index (χ2n) is 9.32. The minimum atomic E-state index is -0.616. The van der Waals surface area contributed by atoms with E-state index in [1.54, 1.807) is 11.0 Å². The van der Waals surface area contributed by atoms with E-state index in [0.29, 0.717) is 18.0 Å². The molecule has 1 fully saturated rings. The van der Waals surface area contributed by atoms with Gasteiger partial charge in [-0.15, -0.1) is 0 Å². The lowest BCUT2D eigenvalue weighted by atomic mass is 9.94. The summed E-state index contributed by atoms with van der Waals surface area (Å²) in [5.41, 5.74) is 2.78. The first-order valence-electron chi connectivity index (χ1n) is 12.5. The highest BCUT2D eigenvalue weighted by Crippen LogP contribution is 2.22. The van der Waals surface area contributed by atoms with E-state index in [4.69, 9.17) is 11.6 Å². The Balaban J connectivity index is 1.64. The third-order valence-corrected chi connectivity index (χ3v) is 7.09. The van der Waals surface area contributed by atoms with E-state index < -0.39 is 6.04 Å². The van der Waals surface area contributed by atoms with Crippen LogP contribution in [0.2, 0.25) is 5.02 Å². The largest absolute Gasteiger partial charge is 0.352 e. The van der Waals surface area contributed by atoms with E-state index in [-0.39, 0.29) is 24.3 Å². The van der Waals surface area contributed by atoms with Gasteiger partial charge in [0.1, 0.15) is 6.04 Å². The van der Waals surface area contributed by atoms with Gasteiger partial charge in [0.05, 0.1) is 6.42 Å². The Kier molecular flexibility index (Phi) is 8.96. The van der Waals surface area contributed by atoms with Gasteiger partial charge in [0.25, 0.3) is 0 Å². The van der Waals surface area contributed by atoms with E-state index in [2.05, 4.69) is 5.32 Å². The number of hydrogen-bond acceptors (Lipinski definition) is 2. The molecule has 3 aromatic rings. The Morgan fingerprint density at radius 1 is 0.829 bits per heavy atom. The van der Waals surface area contributed by atoms with Gasteiger partial charge in [0, 0.05) is 24.0 Å². The molecular formula is C30H33ClN2O2. The van der Waals surface area contributed by atoms with E-state index >= 15 is 0 Å². The molecule has 1 aliphatic rings. The number of carbonyl (C=O) groups is 2. The summed E-state index contributed by atoms with van der Waals surface area (Å²) in [6.07, 6.45) is 6.08. The average Bonchev–Trinajstić information content (AvgIpc) is 2.89. The van der Waals surface area contributed by atoms with Crippen molar-refractivity contribution < 1.29 is 9.59 Å². The molecule has 3 aromatic carbocycles. The van der Waals surface area contributed by atoms with Crippen molar-refractivity contribution in [3.05, 3.63) is 107 Å². The van der Waals surface area contributed by atoms with Crippen LogP contribution < -0.4 is 5.32 Å². The molecule has 0 radical (unpaired) electrons. The normalized spacial score (nSPS) is 14.8. The van der Waals surface area contributed by atoms with Crippen molar-refractivity contribution >= 4 is 23.4 Å². The Morgan fingerprint density at radius 3 is 2.09 bits per heavy atom. The molecule has 1 unspecified atom stereocenters. The van der Waals surface area contributed by atoms with Crippen LogP contribution in [0.25, 0.3) is 0 Å². The van der Waals surface area contributed by atoms with Crippen LogP contribution in [0.15, 0.2) is 84.9 Å². The van der Waals surface area contributed by atoms with Crippen LogP contribution in [0.5, 0.6) is 0 Å². The van der Waals surface area contributed by atoms with Crippen LogP contribution in [0.4, 0.5) is 0 Å². The number of benzene rings is 3. The minimum Gasteiger partial charge on any atom is -0.352 e. The zero-order chi connectivity index (χ0) is 24.5. The molecule has 4 rings (SSSR count). The van der Waals surface area contributed by atoms with Crippen molar-refractivity contribution in [3.8, 4) is 0 Å². The van der Waals surface area contributed by atoms with Gasteiger partial charge < -0.3 is 10.2 Å². The van der Waals surface area contributed by atoms with Crippen molar-refractivity contribution in [1.29, 1.82) is 0 Å². The van der Waals surface area contributed by atoms with Gasteiger partial charge in [0.15, 0.2) is 0 Å². The Bertz CT molecular complexity index is 1100. The molecule has 0 aliphatic heterocycles. The van der Waals surface area contributed by atoms with Gasteiger partial charge in [-0.1, -0.05) is 110 Å². The lowest BCUT2D eigenvalue weighted by Crippen LogP contribution is -2.53. The van der Waals surface area contributed by atoms with Crippen molar-refractivity contribution in [2.24, 2.45) is 0 Å². The summed E-state index contributed by atoms with van der Waals surface area (Å²) in [6, 6.07) is 26.8. The second kappa shape index (κ2) is 12.6. The van der Waals surface area contributed by atoms with Crippen LogP contribution in [0.3, 0.4) is 0 Å². The second-order valence-corrected chi connectivity index (χ2v) is 9.73. The lowest BCUT2D eigenvalue weighted by molar-refractivity contribution is -0.141. The Hall–Kier alpha value is -3.11. The van der Waals surface area contributed by atoms with Crippen molar-refractivity contribution in [2.45, 2.75) is 63.6 Å². The fraction of sp³-hybridized carbons (Fsp3) is 0.333. The van der Waals surface area contributed by atoms with Gasteiger partial charge >= 0.3 is 0 Å². The third-order valence-electron chi connectivity index (χ3n) is 6.72. The van der Waals surface area contributed by atoms with E-state index in [9.17, 15) is 9.59 Å². The highest BCUT2D eigenvalue weighted by molar-refractivity contribution is 6.31. The average molecular weight is 489 g/mol. The summed E-state index contributed by atoms with van der Waals surface area (Å²) in [6.45, 7) is 0.361. The van der Waals surface area contributed by atoms with Crippen molar-refractivity contribution in [3.63, 3.8) is 0 Å². The molecule has 2 amide bonds. The van der Waals surface area contributed by atoms with E-state index in [0.717, 1.165) is 42.4 Å². The standard InChI is InChI=1S/C30H33ClN2O2/c31-27-19-11-10-16-25(27)21-29(34)33(22-24-14-6-2-7-15-24)28(20-23-12-4-1-5-13-23)30(35)32-26-17-8-3-9-18-26/h1-2,4-7,10-16,19,26,28H,3,8-9,17-18,20-22H2,(H,32,35). The summed E-state index contributed by atoms with van der Waals surface area (Å²) >= 11 is 6.38. The van der Waals surface area contributed by atoms with Gasteiger partial charge in [-0.05, 0) is 35.6 Å². The molecule has 0 bridgehead atoms. The highest BCUT2D eigenvalue weighted by atomic mass is 35.5. The first-order valence-corrected chi connectivity index (χ1v) is 12.9. The Morgan fingerprint density at radius 2 is 1.43 bits per heavy atom. The van der Waals surface area contributed by atoms with Crippen molar-refractivity contribution in [1.82, 2.24) is 10.2 Å². The van der Waals surface area contributed by atoms with Crippen LogP contribution in [0.1, 0.15) is 48.8 Å². The molecule has 1 saturated carbocycles. The molecule has 0 spiro atoms. The highest BCUT2D eigenvalue weighted by Gasteiger charge is 2.32. The Labute approximate surface area is 213 Å². The number of nitrogens with zero attached hydrogens (tertiary/aromatic N) is 1. The predicted octanol–water partition coefficient (Wildman–Crippen LogP) is 5.97. The fourth-order valence-electron chi connectivity index (χ4n) is 4.78. The maximum atomic E-state index is 13.8. The summed E-state index contributed by atoms with van der Waals surface area (Å²) in [5, 5.41) is 3.84. The number of nitrogens with one attached hydrogen (secondary N) is 1. The van der Waals surface area contributed by atoms with Crippen LogP contribution >= 0.6 is 11.6 Å². The smallest absolute Gasteiger partial charge is 0.243 e. The molecule has 35 heavy (non-hydrogen) atoms. The first-order chi connectivity index (χ1) is 17.1. The van der Waals surface area contributed by atoms with Gasteiger partial charge in [-0.2, -0.15) is 0 Å². The summed E-state index contributed by atoms with van der Waals surface area (Å²) in [4.78, 5) is 29.3. The van der Waals surface area contributed by atoms with Crippen LogP contribution in [-0.2, 0) is 29.0 Å². The van der Waals surface area contributed by atoms with Crippen molar-refractivity contribution in [2.75, 3.05) is 0 Å². The molecule has 1 N–H and O–H groups in total. The monoisotopic (exact) mass is 488 g/mol. The molecule has 4 nitrogen and oxygen atoms in total. The molecular weight excluding hydrogens is 456 g/mol. The molecule has 0 saturated heterocycles. The summed E-state index contributed by atoms with van der Waals surface area (Å²) in [7, 11) is 0. The molecule has 1 atom stereocenters. The fourth-order valence-corrected chi connectivity index (χ4v) is 4.99. The van der Waals surface area contributed by atoms with Crippen LogP contribution in [0, 0.1) is 0 Å². The summed E-state index contributed by atoms with van der Waals surface area (Å²) < 4.78 is 0. The molecule has 0 aromatic heterocycles. The zero-order valence-electron chi connectivity index (χ0n) is 20.0. The number of carbonyl (C=O) groups excluding carboxylic acids is 2. The van der Waals surface area contributed by atoms with E-state index in [1.807, 2.05) is 78.9 Å². The quantitative estimate of drug-likeness (QED) is 0.403. The minimum absolute atomic E-state index is 0.0795. The zero-order valence-corrected chi connectivity index (χ0v) is 20.8. The number of hydrogen-bond donors (Lipinski definition) is 1. The van der Waals surface area contributed by atoms with Gasteiger partial charge in [0.2, 0.25) is 11.8 Å². The maximum absolute atomic E-state index is 13.8. The molecule has 182 valence electrons. The predicted molar refractivity (Wildman–Crippen MR) is 141 cm³/mol. The van der Waals surface area contributed by atoms with Crippen LogP contribution in [-0.4, -0.2) is 28.8 Å². The maximum Gasteiger partial charge on any atom is 0.243 e. The first kappa shape index (κ1) is 25.0. The number of amides is 2.